The molecule has 0 fully saturated rings. The quantitative estimate of drug-likeness (QED) is 0.570. The molecule has 21 heavy (non-hydrogen) atoms. The highest BCUT2D eigenvalue weighted by Crippen LogP contribution is 2.08. The van der Waals surface area contributed by atoms with Crippen molar-refractivity contribution in [1.29, 1.82) is 0 Å². The molecule has 120 valence electrons. The van der Waals surface area contributed by atoms with E-state index in [4.69, 9.17) is 0 Å². The zero-order valence-corrected chi connectivity index (χ0v) is 14.3. The van der Waals surface area contributed by atoms with Crippen molar-refractivity contribution < 1.29 is 0 Å². The van der Waals surface area contributed by atoms with Gasteiger partial charge in [-0.1, -0.05) is 26.7 Å². The molecular formula is C17H32N4. The van der Waals surface area contributed by atoms with Crippen molar-refractivity contribution in [1.82, 2.24) is 15.2 Å². The maximum Gasteiger partial charge on any atom is 0.191 e. The molecule has 2 N–H and O–H groups in total. The van der Waals surface area contributed by atoms with Crippen LogP contribution in [0, 0.1) is 5.92 Å². The van der Waals surface area contributed by atoms with Crippen molar-refractivity contribution in [2.45, 2.75) is 59.5 Å². The molecule has 1 aromatic rings. The average molecular weight is 292 g/mol. The minimum atomic E-state index is 0.456. The Balaban J connectivity index is 2.44. The molecule has 0 saturated carbocycles. The molecule has 0 aliphatic heterocycles. The summed E-state index contributed by atoms with van der Waals surface area (Å²) in [6, 6.07) is 2.57. The summed E-state index contributed by atoms with van der Waals surface area (Å²) in [6.45, 7) is 10.5. The Hall–Kier alpha value is -1.45. The molecule has 0 saturated heterocycles. The highest BCUT2D eigenvalue weighted by atomic mass is 15.2. The Morgan fingerprint density at radius 3 is 2.62 bits per heavy atom. The third-order valence-electron chi connectivity index (χ3n) is 3.46. The summed E-state index contributed by atoms with van der Waals surface area (Å²) in [6.07, 6.45) is 7.92. The largest absolute Gasteiger partial charge is 0.357 e. The molecule has 0 bridgehead atoms. The molecule has 1 aromatic heterocycles. The summed E-state index contributed by atoms with van der Waals surface area (Å²) in [5, 5.41) is 6.82. The second kappa shape index (κ2) is 9.48. The molecule has 1 heterocycles. The third-order valence-corrected chi connectivity index (χ3v) is 3.46. The topological polar surface area (TPSA) is 41.4 Å². The Morgan fingerprint density at radius 2 is 2.05 bits per heavy atom. The van der Waals surface area contributed by atoms with E-state index in [-0.39, 0.29) is 0 Å². The van der Waals surface area contributed by atoms with E-state index in [0.717, 1.165) is 25.0 Å². The summed E-state index contributed by atoms with van der Waals surface area (Å²) in [5.74, 6) is 1.70. The van der Waals surface area contributed by atoms with Crippen molar-refractivity contribution in [3.63, 3.8) is 0 Å². The fourth-order valence-corrected chi connectivity index (χ4v) is 2.28. The number of hydrogen-bond acceptors (Lipinski definition) is 1. The zero-order valence-electron chi connectivity index (χ0n) is 14.3. The number of nitrogens with one attached hydrogen (secondary N) is 2. The monoisotopic (exact) mass is 292 g/mol. The molecule has 4 heteroatoms. The third kappa shape index (κ3) is 7.78. The van der Waals surface area contributed by atoms with Crippen LogP contribution >= 0.6 is 0 Å². The van der Waals surface area contributed by atoms with E-state index in [2.05, 4.69) is 66.3 Å². The standard InChI is InChI=1S/C17H32N4/c1-6-18-17(19-12-16-10-11-21(5)13-16)20-15(4)9-7-8-14(2)3/h10-11,13-15H,6-9,12H2,1-5H3,(H2,18,19,20). The van der Waals surface area contributed by atoms with Gasteiger partial charge in [0.15, 0.2) is 5.96 Å². The summed E-state index contributed by atoms with van der Waals surface area (Å²) in [7, 11) is 2.04. The van der Waals surface area contributed by atoms with E-state index in [1.807, 2.05) is 7.05 Å². The molecule has 0 amide bonds. The van der Waals surface area contributed by atoms with E-state index >= 15 is 0 Å². The van der Waals surface area contributed by atoms with Gasteiger partial charge in [0.25, 0.3) is 0 Å². The first-order chi connectivity index (χ1) is 10.0. The summed E-state index contributed by atoms with van der Waals surface area (Å²) in [4.78, 5) is 4.66. The van der Waals surface area contributed by atoms with Crippen molar-refractivity contribution in [3.05, 3.63) is 24.0 Å². The van der Waals surface area contributed by atoms with Crippen LogP contribution in [0.3, 0.4) is 0 Å². The Labute approximate surface area is 130 Å². The lowest BCUT2D eigenvalue weighted by Gasteiger charge is -2.18. The van der Waals surface area contributed by atoms with Crippen LogP contribution in [0.1, 0.15) is 52.5 Å². The normalized spacial score (nSPS) is 13.5. The van der Waals surface area contributed by atoms with Gasteiger partial charge >= 0.3 is 0 Å². The number of nitrogens with zero attached hydrogens (tertiary/aromatic N) is 2. The van der Waals surface area contributed by atoms with E-state index in [1.54, 1.807) is 0 Å². The number of aromatic nitrogens is 1. The fraction of sp³-hybridized carbons (Fsp3) is 0.706. The first-order valence-electron chi connectivity index (χ1n) is 8.17. The second-order valence-corrected chi connectivity index (χ2v) is 6.25. The van der Waals surface area contributed by atoms with Crippen LogP contribution in [0.15, 0.2) is 23.5 Å². The van der Waals surface area contributed by atoms with Gasteiger partial charge in [0.05, 0.1) is 6.54 Å². The second-order valence-electron chi connectivity index (χ2n) is 6.25. The molecule has 1 rings (SSSR count). The van der Waals surface area contributed by atoms with E-state index in [9.17, 15) is 0 Å². The Morgan fingerprint density at radius 1 is 1.29 bits per heavy atom. The minimum Gasteiger partial charge on any atom is -0.357 e. The molecule has 0 radical (unpaired) electrons. The Kier molecular flexibility index (Phi) is 7.95. The van der Waals surface area contributed by atoms with Crippen molar-refractivity contribution in [2.75, 3.05) is 6.54 Å². The molecule has 1 atom stereocenters. The predicted octanol–water partition coefficient (Wildman–Crippen LogP) is 3.30. The molecular weight excluding hydrogens is 260 g/mol. The van der Waals surface area contributed by atoms with Crippen LogP contribution in [-0.2, 0) is 13.6 Å². The van der Waals surface area contributed by atoms with Crippen LogP contribution in [0.5, 0.6) is 0 Å². The average Bonchev–Trinajstić information content (AvgIpc) is 2.81. The summed E-state index contributed by atoms with van der Waals surface area (Å²) in [5.41, 5.74) is 1.24. The van der Waals surface area contributed by atoms with Gasteiger partial charge in [-0.3, -0.25) is 0 Å². The van der Waals surface area contributed by atoms with E-state index in [1.165, 1.54) is 24.8 Å². The van der Waals surface area contributed by atoms with Gasteiger partial charge in [-0.05, 0) is 37.8 Å². The summed E-state index contributed by atoms with van der Waals surface area (Å²) < 4.78 is 2.06. The number of aliphatic imine (C=N–C) groups is 1. The van der Waals surface area contributed by atoms with Crippen molar-refractivity contribution in [2.24, 2.45) is 18.0 Å². The van der Waals surface area contributed by atoms with Gasteiger partial charge in [0.2, 0.25) is 0 Å². The van der Waals surface area contributed by atoms with Crippen molar-refractivity contribution in [3.8, 4) is 0 Å². The lowest BCUT2D eigenvalue weighted by Crippen LogP contribution is -2.42. The fourth-order valence-electron chi connectivity index (χ4n) is 2.28. The van der Waals surface area contributed by atoms with Crippen LogP contribution in [0.25, 0.3) is 0 Å². The highest BCUT2D eigenvalue weighted by molar-refractivity contribution is 5.80. The van der Waals surface area contributed by atoms with Crippen LogP contribution in [0.2, 0.25) is 0 Å². The van der Waals surface area contributed by atoms with Gasteiger partial charge in [-0.2, -0.15) is 0 Å². The molecule has 1 unspecified atom stereocenters. The van der Waals surface area contributed by atoms with E-state index < -0.39 is 0 Å². The van der Waals surface area contributed by atoms with Crippen LogP contribution in [0.4, 0.5) is 0 Å². The zero-order chi connectivity index (χ0) is 15.7. The highest BCUT2D eigenvalue weighted by Gasteiger charge is 2.06. The maximum atomic E-state index is 4.66. The number of rotatable bonds is 8. The number of guanidine groups is 1. The smallest absolute Gasteiger partial charge is 0.191 e. The van der Waals surface area contributed by atoms with Gasteiger partial charge in [-0.25, -0.2) is 4.99 Å². The van der Waals surface area contributed by atoms with Crippen LogP contribution in [-0.4, -0.2) is 23.1 Å². The van der Waals surface area contributed by atoms with E-state index in [0.29, 0.717) is 6.04 Å². The molecule has 0 spiro atoms. The molecule has 0 aromatic carbocycles. The first kappa shape index (κ1) is 17.6. The van der Waals surface area contributed by atoms with Crippen LogP contribution < -0.4 is 10.6 Å². The molecule has 0 aliphatic carbocycles. The Bertz CT molecular complexity index is 420. The van der Waals surface area contributed by atoms with Crippen molar-refractivity contribution >= 4 is 5.96 Å². The lowest BCUT2D eigenvalue weighted by molar-refractivity contribution is 0.491. The lowest BCUT2D eigenvalue weighted by atomic mass is 10.0. The minimum absolute atomic E-state index is 0.456. The molecule has 4 nitrogen and oxygen atoms in total. The molecule has 0 aliphatic rings. The first-order valence-corrected chi connectivity index (χ1v) is 8.17. The maximum absolute atomic E-state index is 4.66. The summed E-state index contributed by atoms with van der Waals surface area (Å²) >= 11 is 0. The van der Waals surface area contributed by atoms with Gasteiger partial charge in [0, 0.05) is 32.0 Å². The van der Waals surface area contributed by atoms with Gasteiger partial charge in [0.1, 0.15) is 0 Å². The predicted molar refractivity (Wildman–Crippen MR) is 91.5 cm³/mol. The SMILES string of the molecule is CCNC(=NCc1ccn(C)c1)NC(C)CCCC(C)C. The number of hydrogen-bond donors (Lipinski definition) is 2. The number of aryl methyl sites for hydroxylation is 1. The van der Waals surface area contributed by atoms with Gasteiger partial charge < -0.3 is 15.2 Å². The van der Waals surface area contributed by atoms with Gasteiger partial charge in [-0.15, -0.1) is 0 Å².